The molecule has 0 amide bonds. The van der Waals surface area contributed by atoms with Crippen LogP contribution in [0.15, 0.2) is 18.2 Å². The molecule has 0 aliphatic carbocycles. The maximum Gasteiger partial charge on any atom is 0.311 e. The summed E-state index contributed by atoms with van der Waals surface area (Å²) in [6, 6.07) is 5.66. The average Bonchev–Trinajstić information content (AvgIpc) is 2.40. The molecule has 0 radical (unpaired) electrons. The highest BCUT2D eigenvalue weighted by Gasteiger charge is 2.24. The van der Waals surface area contributed by atoms with Crippen molar-refractivity contribution < 1.29 is 17.3 Å². The molecule has 0 aromatic heterocycles. The lowest BCUT2D eigenvalue weighted by molar-refractivity contribution is 0.0298. The quantitative estimate of drug-likeness (QED) is 0.794. The predicted molar refractivity (Wildman–Crippen MR) is 87.9 cm³/mol. The second kappa shape index (κ2) is 6.59. The second-order valence-electron chi connectivity index (χ2n) is 7.03. The van der Waals surface area contributed by atoms with Crippen LogP contribution in [0.3, 0.4) is 0 Å². The third-order valence-corrected chi connectivity index (χ3v) is 5.14. The molecule has 22 heavy (non-hydrogen) atoms. The third-order valence-electron chi connectivity index (χ3n) is 3.92. The van der Waals surface area contributed by atoms with Gasteiger partial charge >= 0.3 is 10.1 Å². The summed E-state index contributed by atoms with van der Waals surface area (Å²) in [5, 5.41) is 0. The van der Waals surface area contributed by atoms with Crippen molar-refractivity contribution in [1.82, 2.24) is 0 Å². The number of aryl methyl sites for hydroxylation is 1. The number of hydrogen-bond acceptors (Lipinski definition) is 4. The van der Waals surface area contributed by atoms with Crippen LogP contribution < -0.4 is 4.18 Å². The second-order valence-corrected chi connectivity index (χ2v) is 8.64. The minimum absolute atomic E-state index is 0.0259. The fraction of sp³-hybridized carbons (Fsp3) is 0.647. The van der Waals surface area contributed by atoms with Crippen molar-refractivity contribution in [3.8, 4) is 5.75 Å². The Bertz CT molecular complexity index is 608. The SMILES string of the molecule is Cc1cc(C(C)(C)C)ccc1OS(=O)(=O)CC1CCCCO1. The Labute approximate surface area is 134 Å². The van der Waals surface area contributed by atoms with Crippen molar-refractivity contribution in [2.24, 2.45) is 0 Å². The van der Waals surface area contributed by atoms with Gasteiger partial charge < -0.3 is 8.92 Å². The van der Waals surface area contributed by atoms with Crippen LogP contribution in [-0.2, 0) is 20.3 Å². The van der Waals surface area contributed by atoms with Gasteiger partial charge in [-0.1, -0.05) is 32.9 Å². The van der Waals surface area contributed by atoms with Gasteiger partial charge in [-0.05, 0) is 48.8 Å². The van der Waals surface area contributed by atoms with E-state index in [9.17, 15) is 8.42 Å². The van der Waals surface area contributed by atoms with E-state index in [2.05, 4.69) is 20.8 Å². The number of rotatable bonds is 4. The molecule has 0 N–H and O–H groups in total. The van der Waals surface area contributed by atoms with Crippen LogP contribution in [0.25, 0.3) is 0 Å². The Balaban J connectivity index is 2.09. The molecule has 124 valence electrons. The standard InChI is InChI=1S/C17H26O4S/c1-13-11-14(17(2,3)4)8-9-16(13)21-22(18,19)12-15-7-5-6-10-20-15/h8-9,11,15H,5-7,10,12H2,1-4H3. The summed E-state index contributed by atoms with van der Waals surface area (Å²) in [5.74, 6) is 0.330. The molecule has 1 aromatic rings. The van der Waals surface area contributed by atoms with Gasteiger partial charge in [0.1, 0.15) is 11.5 Å². The monoisotopic (exact) mass is 326 g/mol. The molecular weight excluding hydrogens is 300 g/mol. The summed E-state index contributed by atoms with van der Waals surface area (Å²) in [6.45, 7) is 8.88. The van der Waals surface area contributed by atoms with Crippen LogP contribution in [0.1, 0.15) is 51.2 Å². The lowest BCUT2D eigenvalue weighted by Crippen LogP contribution is -2.30. The molecule has 2 rings (SSSR count). The van der Waals surface area contributed by atoms with Gasteiger partial charge in [0, 0.05) is 6.61 Å². The fourth-order valence-corrected chi connectivity index (χ4v) is 3.79. The van der Waals surface area contributed by atoms with Gasteiger partial charge in [-0.2, -0.15) is 8.42 Å². The van der Waals surface area contributed by atoms with Crippen LogP contribution in [0.4, 0.5) is 0 Å². The molecule has 0 spiro atoms. The minimum atomic E-state index is -3.63. The van der Waals surface area contributed by atoms with Gasteiger partial charge in [-0.25, -0.2) is 0 Å². The summed E-state index contributed by atoms with van der Waals surface area (Å²) in [5.41, 5.74) is 2.02. The summed E-state index contributed by atoms with van der Waals surface area (Å²) in [7, 11) is -3.63. The first-order valence-corrected chi connectivity index (χ1v) is 9.40. The maximum absolute atomic E-state index is 12.2. The average molecular weight is 326 g/mol. The normalized spacial score (nSPS) is 19.9. The van der Waals surface area contributed by atoms with Gasteiger partial charge in [-0.15, -0.1) is 0 Å². The Hall–Kier alpha value is -1.07. The van der Waals surface area contributed by atoms with E-state index >= 15 is 0 Å². The Kier molecular flexibility index (Phi) is 5.17. The molecule has 4 nitrogen and oxygen atoms in total. The smallest absolute Gasteiger partial charge is 0.311 e. The van der Waals surface area contributed by atoms with E-state index < -0.39 is 10.1 Å². The highest BCUT2D eigenvalue weighted by atomic mass is 32.2. The summed E-state index contributed by atoms with van der Waals surface area (Å²) in [6.07, 6.45) is 2.56. The molecule has 0 bridgehead atoms. The van der Waals surface area contributed by atoms with Gasteiger partial charge in [0.15, 0.2) is 0 Å². The zero-order valence-corrected chi connectivity index (χ0v) is 14.7. The van der Waals surface area contributed by atoms with Crippen molar-refractivity contribution in [3.05, 3.63) is 29.3 Å². The maximum atomic E-state index is 12.2. The third kappa shape index (κ3) is 4.71. The van der Waals surface area contributed by atoms with Crippen molar-refractivity contribution in [1.29, 1.82) is 0 Å². The molecule has 5 heteroatoms. The van der Waals surface area contributed by atoms with Gasteiger partial charge in [0.25, 0.3) is 0 Å². The fourth-order valence-electron chi connectivity index (χ4n) is 2.55. The van der Waals surface area contributed by atoms with E-state index in [0.717, 1.165) is 30.4 Å². The Morgan fingerprint density at radius 3 is 2.55 bits per heavy atom. The van der Waals surface area contributed by atoms with E-state index in [0.29, 0.717) is 12.4 Å². The van der Waals surface area contributed by atoms with E-state index in [1.165, 1.54) is 0 Å². The van der Waals surface area contributed by atoms with Crippen molar-refractivity contribution >= 4 is 10.1 Å². The summed E-state index contributed by atoms with van der Waals surface area (Å²) < 4.78 is 35.2. The molecule has 1 atom stereocenters. The van der Waals surface area contributed by atoms with Gasteiger partial charge in [0.05, 0.1) is 6.10 Å². The number of benzene rings is 1. The molecular formula is C17H26O4S. The molecule has 1 aromatic carbocycles. The summed E-state index contributed by atoms with van der Waals surface area (Å²) in [4.78, 5) is 0. The highest BCUT2D eigenvalue weighted by molar-refractivity contribution is 7.87. The topological polar surface area (TPSA) is 52.6 Å². The molecule has 0 saturated carbocycles. The van der Waals surface area contributed by atoms with Crippen LogP contribution in [0.2, 0.25) is 0 Å². The summed E-state index contributed by atoms with van der Waals surface area (Å²) >= 11 is 0. The zero-order chi connectivity index (χ0) is 16.4. The van der Waals surface area contributed by atoms with Crippen molar-refractivity contribution in [3.63, 3.8) is 0 Å². The first-order valence-electron chi connectivity index (χ1n) is 7.82. The molecule has 1 heterocycles. The zero-order valence-electron chi connectivity index (χ0n) is 13.9. The van der Waals surface area contributed by atoms with E-state index in [-0.39, 0.29) is 17.3 Å². The van der Waals surface area contributed by atoms with Crippen molar-refractivity contribution in [2.75, 3.05) is 12.4 Å². The van der Waals surface area contributed by atoms with Crippen LogP contribution in [-0.4, -0.2) is 26.9 Å². The largest absolute Gasteiger partial charge is 0.382 e. The Morgan fingerprint density at radius 2 is 2.00 bits per heavy atom. The minimum Gasteiger partial charge on any atom is -0.382 e. The molecule has 1 unspecified atom stereocenters. The van der Waals surface area contributed by atoms with Crippen LogP contribution in [0.5, 0.6) is 5.75 Å². The van der Waals surface area contributed by atoms with Crippen LogP contribution >= 0.6 is 0 Å². The van der Waals surface area contributed by atoms with Gasteiger partial charge in [0.2, 0.25) is 0 Å². The van der Waals surface area contributed by atoms with E-state index in [1.54, 1.807) is 6.07 Å². The lowest BCUT2D eigenvalue weighted by Gasteiger charge is -2.23. The molecule has 1 aliphatic rings. The highest BCUT2D eigenvalue weighted by Crippen LogP contribution is 2.28. The Morgan fingerprint density at radius 1 is 1.27 bits per heavy atom. The number of hydrogen-bond donors (Lipinski definition) is 0. The molecule has 1 fully saturated rings. The molecule has 1 aliphatic heterocycles. The lowest BCUT2D eigenvalue weighted by atomic mass is 9.86. The molecule has 1 saturated heterocycles. The van der Waals surface area contributed by atoms with E-state index in [4.69, 9.17) is 8.92 Å². The van der Waals surface area contributed by atoms with Gasteiger partial charge in [-0.3, -0.25) is 0 Å². The first-order chi connectivity index (χ1) is 10.2. The van der Waals surface area contributed by atoms with E-state index in [1.807, 2.05) is 19.1 Å². The first kappa shape index (κ1) is 17.3. The van der Waals surface area contributed by atoms with Crippen LogP contribution in [0, 0.1) is 6.92 Å². The predicted octanol–water partition coefficient (Wildman–Crippen LogP) is 3.57. The van der Waals surface area contributed by atoms with Crippen molar-refractivity contribution in [2.45, 2.75) is 58.5 Å². The number of ether oxygens (including phenoxy) is 1.